The van der Waals surface area contributed by atoms with E-state index in [1.165, 1.54) is 19.3 Å². The Morgan fingerprint density at radius 3 is 1.92 bits per heavy atom. The Morgan fingerprint density at radius 2 is 1.29 bits per heavy atom. The Morgan fingerprint density at radius 1 is 0.694 bits per heavy atom. The maximum atomic E-state index is 12.6. The van der Waals surface area contributed by atoms with Gasteiger partial charge in [-0.05, 0) is 122 Å². The van der Waals surface area contributed by atoms with E-state index < -0.39 is 20.2 Å². The summed E-state index contributed by atoms with van der Waals surface area (Å²) in [5, 5.41) is 1.01. The first-order valence-corrected chi connectivity index (χ1v) is 21.6. The largest absolute Gasteiger partial charge is 0.492 e. The van der Waals surface area contributed by atoms with Crippen LogP contribution in [0.4, 0.5) is 0 Å². The van der Waals surface area contributed by atoms with Crippen molar-refractivity contribution < 1.29 is 29.9 Å². The van der Waals surface area contributed by atoms with Crippen molar-refractivity contribution in [3.05, 3.63) is 77.9 Å². The van der Waals surface area contributed by atoms with E-state index >= 15 is 0 Å². The van der Waals surface area contributed by atoms with Crippen molar-refractivity contribution in [3.8, 4) is 27.7 Å². The number of unbranched alkanes of at least 4 members (excludes halogenated alkanes) is 4. The molecule has 1 aromatic heterocycles. The summed E-state index contributed by atoms with van der Waals surface area (Å²) in [6.45, 7) is 7.96. The molecule has 0 amide bonds. The molecule has 0 N–H and O–H groups in total. The van der Waals surface area contributed by atoms with Gasteiger partial charge < -0.3 is 13.1 Å². The van der Waals surface area contributed by atoms with Gasteiger partial charge >= 0.3 is 20.2 Å². The Balaban J connectivity index is 1.37. The lowest BCUT2D eigenvalue weighted by molar-refractivity contribution is 0.183. The van der Waals surface area contributed by atoms with Gasteiger partial charge in [0.1, 0.15) is 23.9 Å². The van der Waals surface area contributed by atoms with Crippen LogP contribution in [0.1, 0.15) is 82.8 Å². The molecular formula is C38H49NO7S3. The van der Waals surface area contributed by atoms with Gasteiger partial charge in [0.15, 0.2) is 0 Å². The normalized spacial score (nSPS) is 14.2. The molecule has 0 spiro atoms. The summed E-state index contributed by atoms with van der Waals surface area (Å²) < 4.78 is 68.1. The first-order valence-electron chi connectivity index (χ1n) is 17.6. The Labute approximate surface area is 296 Å². The number of piperidine rings is 1. The highest BCUT2D eigenvalue weighted by Crippen LogP contribution is 2.42. The second-order valence-electron chi connectivity index (χ2n) is 12.8. The molecular weight excluding hydrogens is 679 g/mol. The van der Waals surface area contributed by atoms with Gasteiger partial charge in [0.25, 0.3) is 0 Å². The summed E-state index contributed by atoms with van der Waals surface area (Å²) in [5.74, 6) is 1.40. The van der Waals surface area contributed by atoms with E-state index in [1.807, 2.05) is 44.2 Å². The fourth-order valence-corrected chi connectivity index (χ4v) is 9.41. The van der Waals surface area contributed by atoms with Gasteiger partial charge in [0.05, 0.1) is 11.5 Å². The van der Waals surface area contributed by atoms with Crippen molar-refractivity contribution >= 4 is 41.7 Å². The Hall–Kier alpha value is -3.12. The van der Waals surface area contributed by atoms with Crippen LogP contribution >= 0.6 is 11.3 Å². The van der Waals surface area contributed by atoms with E-state index in [-0.39, 0.29) is 17.3 Å². The zero-order valence-corrected chi connectivity index (χ0v) is 31.1. The summed E-state index contributed by atoms with van der Waals surface area (Å²) in [5.41, 5.74) is 3.12. The third-order valence-corrected chi connectivity index (χ3v) is 12.5. The molecule has 1 aliphatic rings. The smallest absolute Gasteiger partial charge is 0.309 e. The van der Waals surface area contributed by atoms with Crippen LogP contribution in [0.15, 0.2) is 66.7 Å². The van der Waals surface area contributed by atoms with Crippen molar-refractivity contribution in [1.29, 1.82) is 0 Å². The van der Waals surface area contributed by atoms with Crippen molar-refractivity contribution in [2.45, 2.75) is 78.1 Å². The molecule has 5 rings (SSSR count). The van der Waals surface area contributed by atoms with Crippen molar-refractivity contribution in [2.24, 2.45) is 0 Å². The molecule has 3 aromatic carbocycles. The molecule has 4 aromatic rings. The molecule has 0 saturated carbocycles. The van der Waals surface area contributed by atoms with E-state index in [4.69, 9.17) is 13.1 Å². The maximum absolute atomic E-state index is 12.6. The summed E-state index contributed by atoms with van der Waals surface area (Å²) in [6.07, 6.45) is 9.15. The van der Waals surface area contributed by atoms with Crippen LogP contribution in [-0.2, 0) is 26.7 Å². The molecule has 0 radical (unpaired) electrons. The van der Waals surface area contributed by atoms with Gasteiger partial charge in [-0.15, -0.1) is 11.3 Å². The van der Waals surface area contributed by atoms with Gasteiger partial charge in [-0.2, -0.15) is 16.8 Å². The molecule has 0 atom stereocenters. The van der Waals surface area contributed by atoms with E-state index in [0.29, 0.717) is 31.6 Å². The van der Waals surface area contributed by atoms with Crippen LogP contribution in [0.3, 0.4) is 0 Å². The van der Waals surface area contributed by atoms with E-state index in [9.17, 15) is 16.8 Å². The maximum Gasteiger partial charge on any atom is 0.309 e. The van der Waals surface area contributed by atoms with Gasteiger partial charge in [-0.25, -0.2) is 0 Å². The van der Waals surface area contributed by atoms with Crippen LogP contribution in [0, 0.1) is 0 Å². The summed E-state index contributed by atoms with van der Waals surface area (Å²) in [6, 6.07) is 20.8. The molecule has 49 heavy (non-hydrogen) atoms. The Bertz CT molecular complexity index is 1850. The molecule has 1 fully saturated rings. The zero-order valence-electron chi connectivity index (χ0n) is 28.7. The minimum Gasteiger partial charge on any atom is -0.492 e. The molecule has 1 aliphatic heterocycles. The van der Waals surface area contributed by atoms with Crippen LogP contribution in [-0.4, -0.2) is 59.5 Å². The second-order valence-corrected chi connectivity index (χ2v) is 17.2. The lowest BCUT2D eigenvalue weighted by Gasteiger charge is -2.26. The van der Waals surface area contributed by atoms with Crippen molar-refractivity contribution in [2.75, 3.05) is 37.7 Å². The highest BCUT2D eigenvalue weighted by molar-refractivity contribution is 7.87. The number of ether oxygens (including phenoxy) is 1. The molecule has 8 nitrogen and oxygen atoms in total. The van der Waals surface area contributed by atoms with Crippen LogP contribution in [0.5, 0.6) is 17.2 Å². The highest BCUT2D eigenvalue weighted by Gasteiger charge is 2.19. The molecule has 0 unspecified atom stereocenters. The third kappa shape index (κ3) is 11.2. The van der Waals surface area contributed by atoms with Gasteiger partial charge in [-0.1, -0.05) is 58.1 Å². The fraction of sp³-hybridized carbons (Fsp3) is 0.474. The zero-order chi connectivity index (χ0) is 34.7. The number of benzene rings is 3. The number of thiophene rings is 1. The summed E-state index contributed by atoms with van der Waals surface area (Å²) in [7, 11) is -7.37. The molecule has 0 aliphatic carbocycles. The van der Waals surface area contributed by atoms with Crippen molar-refractivity contribution in [1.82, 2.24) is 4.90 Å². The van der Waals surface area contributed by atoms with Crippen LogP contribution in [0.25, 0.3) is 20.5 Å². The molecule has 1 saturated heterocycles. The van der Waals surface area contributed by atoms with Gasteiger partial charge in [-0.3, -0.25) is 4.90 Å². The number of hydrogen-bond donors (Lipinski definition) is 0. The number of fused-ring (bicyclic) bond motifs is 1. The topological polar surface area (TPSA) is 99.2 Å². The molecule has 2 heterocycles. The predicted octanol–water partition coefficient (Wildman–Crippen LogP) is 8.82. The first-order chi connectivity index (χ1) is 23.6. The quantitative estimate of drug-likeness (QED) is 0.0698. The van der Waals surface area contributed by atoms with E-state index in [2.05, 4.69) is 17.0 Å². The average molecular weight is 728 g/mol. The number of hydrogen-bond acceptors (Lipinski definition) is 9. The number of rotatable bonds is 19. The monoisotopic (exact) mass is 727 g/mol. The second kappa shape index (κ2) is 17.7. The minimum absolute atomic E-state index is 0.00986. The number of nitrogens with zero attached hydrogens (tertiary/aromatic N) is 1. The van der Waals surface area contributed by atoms with Crippen molar-refractivity contribution in [3.63, 3.8) is 0 Å². The summed E-state index contributed by atoms with van der Waals surface area (Å²) in [4.78, 5) is 3.47. The van der Waals surface area contributed by atoms with Gasteiger partial charge in [0, 0.05) is 16.1 Å². The van der Waals surface area contributed by atoms with Gasteiger partial charge in [0.2, 0.25) is 0 Å². The minimum atomic E-state index is -3.70. The number of likely N-dealkylation sites (tertiary alicyclic amines) is 1. The highest BCUT2D eigenvalue weighted by atomic mass is 32.2. The average Bonchev–Trinajstić information content (AvgIpc) is 3.43. The standard InChI is InChI=1S/C38H49NO7S3/c1-3-5-10-26-48(40,41)45-33-18-14-31(15-19-33)38-36(28-30-12-16-32(17-13-30)44-25-24-39-22-8-7-9-23-39)35-21-20-34(29-37(35)47-38)46-49(42,43)27-11-6-4-2/h12-21,29H,3-11,22-28H2,1-2H3. The van der Waals surface area contributed by atoms with E-state index in [1.54, 1.807) is 35.6 Å². The SMILES string of the molecule is CCCCCS(=O)(=O)Oc1ccc(-c2sc3cc(OS(=O)(=O)CCCCC)ccc3c2Cc2ccc(OCCN3CCCCC3)cc2)cc1. The Kier molecular flexibility index (Phi) is 13.4. The fourth-order valence-electron chi connectivity index (χ4n) is 6.07. The molecule has 11 heteroatoms. The van der Waals surface area contributed by atoms with Crippen LogP contribution < -0.4 is 13.1 Å². The summed E-state index contributed by atoms with van der Waals surface area (Å²) >= 11 is 1.55. The molecule has 266 valence electrons. The first kappa shape index (κ1) is 37.1. The lowest BCUT2D eigenvalue weighted by atomic mass is 9.99. The predicted molar refractivity (Wildman–Crippen MR) is 200 cm³/mol. The van der Waals surface area contributed by atoms with Crippen LogP contribution in [0.2, 0.25) is 0 Å². The lowest BCUT2D eigenvalue weighted by Crippen LogP contribution is -2.33. The van der Waals surface area contributed by atoms with E-state index in [0.717, 1.165) is 82.7 Å². The third-order valence-electron chi connectivity index (χ3n) is 8.75. The molecule has 0 bridgehead atoms.